The molecule has 4 rings (SSSR count). The van der Waals surface area contributed by atoms with Crippen molar-refractivity contribution in [2.24, 2.45) is 23.7 Å². The van der Waals surface area contributed by atoms with Gasteiger partial charge in [-0.05, 0) is 42.4 Å². The second-order valence-corrected chi connectivity index (χ2v) is 7.73. The van der Waals surface area contributed by atoms with Gasteiger partial charge in [-0.2, -0.15) is 8.78 Å². The van der Waals surface area contributed by atoms with Crippen molar-refractivity contribution in [2.45, 2.75) is 19.5 Å². The minimum absolute atomic E-state index is 0.0839. The predicted molar refractivity (Wildman–Crippen MR) is 101 cm³/mol. The number of amides is 3. The number of allylic oxidation sites excluding steroid dienone is 2. The summed E-state index contributed by atoms with van der Waals surface area (Å²) in [5.74, 6) is -1.31. The Kier molecular flexibility index (Phi) is 5.44. The second-order valence-electron chi connectivity index (χ2n) is 7.73. The van der Waals surface area contributed by atoms with E-state index in [4.69, 9.17) is 4.74 Å². The summed E-state index contributed by atoms with van der Waals surface area (Å²) >= 11 is 0. The average Bonchev–Trinajstić information content (AvgIpc) is 3.38. The lowest BCUT2D eigenvalue weighted by atomic mass is 9.85. The maximum absolute atomic E-state index is 12.6. The Morgan fingerprint density at radius 3 is 2.43 bits per heavy atom. The van der Waals surface area contributed by atoms with Crippen molar-refractivity contribution in [3.05, 3.63) is 35.9 Å². The molecule has 4 atom stereocenters. The molecule has 2 aliphatic carbocycles. The maximum atomic E-state index is 12.6. The number of benzene rings is 1. The number of methoxy groups -OCH3 is 1. The van der Waals surface area contributed by atoms with Crippen LogP contribution in [0.4, 0.5) is 8.78 Å². The minimum atomic E-state index is -2.98. The molecule has 2 fully saturated rings. The normalized spacial score (nSPS) is 26.5. The number of hydrogen-bond donors (Lipinski definition) is 1. The van der Waals surface area contributed by atoms with E-state index in [0.29, 0.717) is 12.0 Å². The molecular formula is C21H22F2N2O5. The Balaban J connectivity index is 1.30. The number of alkyl halides is 2. The summed E-state index contributed by atoms with van der Waals surface area (Å²) in [5, 5.41) is 2.67. The highest BCUT2D eigenvalue weighted by atomic mass is 19.3. The molecule has 0 radical (unpaired) electrons. The van der Waals surface area contributed by atoms with E-state index in [9.17, 15) is 23.2 Å². The van der Waals surface area contributed by atoms with Gasteiger partial charge in [-0.3, -0.25) is 19.3 Å². The van der Waals surface area contributed by atoms with Crippen LogP contribution in [-0.2, 0) is 20.8 Å². The van der Waals surface area contributed by atoms with Gasteiger partial charge >= 0.3 is 6.61 Å². The average molecular weight is 420 g/mol. The Morgan fingerprint density at radius 2 is 1.83 bits per heavy atom. The van der Waals surface area contributed by atoms with E-state index >= 15 is 0 Å². The van der Waals surface area contributed by atoms with Gasteiger partial charge in [0.1, 0.15) is 6.54 Å². The summed E-state index contributed by atoms with van der Waals surface area (Å²) in [4.78, 5) is 38.6. The minimum Gasteiger partial charge on any atom is -0.493 e. The van der Waals surface area contributed by atoms with Crippen molar-refractivity contribution in [1.82, 2.24) is 10.2 Å². The lowest BCUT2D eigenvalue weighted by Crippen LogP contribution is -2.42. The number of rotatable bonds is 8. The molecule has 30 heavy (non-hydrogen) atoms. The molecule has 1 saturated carbocycles. The van der Waals surface area contributed by atoms with E-state index in [1.54, 1.807) is 6.07 Å². The molecule has 160 valence electrons. The van der Waals surface area contributed by atoms with Gasteiger partial charge in [0.15, 0.2) is 11.5 Å². The molecule has 1 heterocycles. The molecule has 1 N–H and O–H groups in total. The van der Waals surface area contributed by atoms with Crippen LogP contribution in [-0.4, -0.2) is 49.4 Å². The van der Waals surface area contributed by atoms with Gasteiger partial charge in [0.2, 0.25) is 17.7 Å². The number of hydrogen-bond acceptors (Lipinski definition) is 5. The van der Waals surface area contributed by atoms with Gasteiger partial charge < -0.3 is 14.8 Å². The van der Waals surface area contributed by atoms with Gasteiger partial charge in [0.05, 0.1) is 18.9 Å². The lowest BCUT2D eigenvalue weighted by molar-refractivity contribution is -0.144. The second kappa shape index (κ2) is 8.04. The summed E-state index contributed by atoms with van der Waals surface area (Å²) in [7, 11) is 1.35. The third-order valence-corrected chi connectivity index (χ3v) is 6.04. The zero-order chi connectivity index (χ0) is 21.4. The molecule has 2 bridgehead atoms. The largest absolute Gasteiger partial charge is 0.493 e. The monoisotopic (exact) mass is 420 g/mol. The molecule has 0 spiro atoms. The van der Waals surface area contributed by atoms with Crippen molar-refractivity contribution >= 4 is 17.7 Å². The number of carbonyl (C=O) groups excluding carboxylic acids is 3. The van der Waals surface area contributed by atoms with Crippen molar-refractivity contribution in [2.75, 3.05) is 20.2 Å². The van der Waals surface area contributed by atoms with Crippen LogP contribution < -0.4 is 14.8 Å². The Bertz CT molecular complexity index is 873. The molecule has 1 aromatic carbocycles. The summed E-state index contributed by atoms with van der Waals surface area (Å²) in [6.45, 7) is -3.06. The first-order valence-electron chi connectivity index (χ1n) is 9.81. The highest BCUT2D eigenvalue weighted by Crippen LogP contribution is 2.52. The lowest BCUT2D eigenvalue weighted by Gasteiger charge is -2.17. The van der Waals surface area contributed by atoms with Crippen molar-refractivity contribution < 1.29 is 32.6 Å². The summed E-state index contributed by atoms with van der Waals surface area (Å²) < 4.78 is 34.5. The first-order valence-corrected chi connectivity index (χ1v) is 9.81. The van der Waals surface area contributed by atoms with E-state index in [1.807, 2.05) is 12.2 Å². The number of carbonyl (C=O) groups is 3. The van der Waals surface area contributed by atoms with Gasteiger partial charge in [0.25, 0.3) is 0 Å². The molecule has 7 nitrogen and oxygen atoms in total. The van der Waals surface area contributed by atoms with Crippen molar-refractivity contribution in [3.8, 4) is 11.5 Å². The Labute approximate surface area is 172 Å². The SMILES string of the molecule is COc1ccc(CCNC(=O)CN2C(=O)C3C4C=CC(C4)C3C2=O)cc1OC(F)F. The van der Waals surface area contributed by atoms with Crippen molar-refractivity contribution in [1.29, 1.82) is 0 Å². The molecule has 3 amide bonds. The molecule has 4 unspecified atom stereocenters. The van der Waals surface area contributed by atoms with Crippen LogP contribution >= 0.6 is 0 Å². The smallest absolute Gasteiger partial charge is 0.387 e. The fraction of sp³-hybridized carbons (Fsp3) is 0.476. The molecule has 1 aliphatic heterocycles. The fourth-order valence-electron chi connectivity index (χ4n) is 4.73. The molecule has 1 aromatic rings. The molecule has 9 heteroatoms. The number of halogens is 2. The van der Waals surface area contributed by atoms with Gasteiger partial charge in [-0.25, -0.2) is 0 Å². The Hall–Kier alpha value is -2.97. The van der Waals surface area contributed by atoms with E-state index in [-0.39, 0.29) is 60.1 Å². The zero-order valence-corrected chi connectivity index (χ0v) is 16.3. The Morgan fingerprint density at radius 1 is 1.17 bits per heavy atom. The number of likely N-dealkylation sites (tertiary alicyclic amines) is 1. The van der Waals surface area contributed by atoms with E-state index in [0.717, 1.165) is 11.3 Å². The third kappa shape index (κ3) is 3.64. The number of imide groups is 1. The predicted octanol–water partition coefficient (Wildman–Crippen LogP) is 1.76. The van der Waals surface area contributed by atoms with Crippen LogP contribution in [0.5, 0.6) is 11.5 Å². The van der Waals surface area contributed by atoms with Gasteiger partial charge in [-0.15, -0.1) is 0 Å². The topological polar surface area (TPSA) is 84.9 Å². The van der Waals surface area contributed by atoms with Gasteiger partial charge in [-0.1, -0.05) is 18.2 Å². The molecule has 0 aromatic heterocycles. The highest BCUT2D eigenvalue weighted by Gasteiger charge is 2.59. The van der Waals surface area contributed by atoms with Crippen LogP contribution in [0.15, 0.2) is 30.4 Å². The van der Waals surface area contributed by atoms with Crippen LogP contribution in [0.3, 0.4) is 0 Å². The first kappa shape index (κ1) is 20.3. The molecule has 1 saturated heterocycles. The summed E-state index contributed by atoms with van der Waals surface area (Å²) in [5.41, 5.74) is 0.664. The van der Waals surface area contributed by atoms with Gasteiger partial charge in [0, 0.05) is 6.54 Å². The van der Waals surface area contributed by atoms with E-state index in [2.05, 4.69) is 10.1 Å². The quantitative estimate of drug-likeness (QED) is 0.512. The number of nitrogens with one attached hydrogen (secondary N) is 1. The fourth-order valence-corrected chi connectivity index (χ4v) is 4.73. The number of nitrogens with zero attached hydrogens (tertiary/aromatic N) is 1. The summed E-state index contributed by atoms with van der Waals surface area (Å²) in [6, 6.07) is 4.62. The number of ether oxygens (including phenoxy) is 2. The highest BCUT2D eigenvalue weighted by molar-refractivity contribution is 6.08. The van der Waals surface area contributed by atoms with Crippen molar-refractivity contribution in [3.63, 3.8) is 0 Å². The van der Waals surface area contributed by atoms with Crippen LogP contribution in [0.1, 0.15) is 12.0 Å². The van der Waals surface area contributed by atoms with E-state index in [1.165, 1.54) is 19.2 Å². The zero-order valence-electron chi connectivity index (χ0n) is 16.3. The molecule has 3 aliphatic rings. The van der Waals surface area contributed by atoms with Crippen LogP contribution in [0.25, 0.3) is 0 Å². The van der Waals surface area contributed by atoms with Crippen LogP contribution in [0.2, 0.25) is 0 Å². The first-order chi connectivity index (χ1) is 14.4. The number of fused-ring (bicyclic) bond motifs is 5. The molecular weight excluding hydrogens is 398 g/mol. The maximum Gasteiger partial charge on any atom is 0.387 e. The van der Waals surface area contributed by atoms with E-state index < -0.39 is 12.5 Å². The third-order valence-electron chi connectivity index (χ3n) is 6.04. The summed E-state index contributed by atoms with van der Waals surface area (Å²) in [6.07, 6.45) is 5.20. The standard InChI is InChI=1S/C21H22F2N2O5/c1-29-14-5-2-11(8-15(14)30-21(22)23)6-7-24-16(26)10-25-19(27)17-12-3-4-13(9-12)18(17)20(25)28/h2-5,8,12-13,17-18,21H,6-7,9-10H2,1H3,(H,24,26). The van der Waals surface area contributed by atoms with Crippen LogP contribution in [0, 0.1) is 23.7 Å².